The maximum absolute atomic E-state index is 12.4. The molecular formula is C16H23NO6. The maximum Gasteiger partial charge on any atom is 0.341 e. The lowest BCUT2D eigenvalue weighted by Gasteiger charge is -2.39. The molecule has 0 aliphatic carbocycles. The number of hydrogen-bond acceptors (Lipinski definition) is 7. The lowest BCUT2D eigenvalue weighted by atomic mass is 9.76. The van der Waals surface area contributed by atoms with E-state index < -0.39 is 29.1 Å². The molecule has 3 heterocycles. The summed E-state index contributed by atoms with van der Waals surface area (Å²) in [5.41, 5.74) is -3.35. The first kappa shape index (κ1) is 16.4. The van der Waals surface area contributed by atoms with Crippen LogP contribution in [0.3, 0.4) is 0 Å². The van der Waals surface area contributed by atoms with Gasteiger partial charge in [-0.3, -0.25) is 9.69 Å². The summed E-state index contributed by atoms with van der Waals surface area (Å²) in [7, 11) is 0. The molecule has 0 aromatic heterocycles. The first-order valence-electron chi connectivity index (χ1n) is 7.91. The van der Waals surface area contributed by atoms with Gasteiger partial charge in [0.05, 0.1) is 12.0 Å². The van der Waals surface area contributed by atoms with Gasteiger partial charge in [-0.1, -0.05) is 6.08 Å². The fraction of sp³-hybridized carbons (Fsp3) is 0.750. The van der Waals surface area contributed by atoms with E-state index in [1.54, 1.807) is 0 Å². The molecule has 7 heteroatoms. The molecule has 1 unspecified atom stereocenters. The molecule has 5 atom stereocenters. The van der Waals surface area contributed by atoms with Crippen LogP contribution in [0.25, 0.3) is 0 Å². The van der Waals surface area contributed by atoms with Crippen molar-refractivity contribution in [2.45, 2.75) is 50.5 Å². The molecule has 0 aromatic rings. The standard InChI is InChI=1S/C16H23NO6/c1-9-13(18)23-11-5-7-17-6-4-10(12(11)17)8-22-14(19)16(3,21)15(9,2)20/h4,9,11-12,20-21H,5-8H2,1-3H3/t9-,11-,12?,15-,16-/m0/s1. The van der Waals surface area contributed by atoms with E-state index in [9.17, 15) is 19.8 Å². The third-order valence-electron chi connectivity index (χ3n) is 5.63. The minimum Gasteiger partial charge on any atom is -0.460 e. The van der Waals surface area contributed by atoms with Crippen molar-refractivity contribution in [3.05, 3.63) is 11.6 Å². The summed E-state index contributed by atoms with van der Waals surface area (Å²) in [5.74, 6) is -2.65. The zero-order chi connectivity index (χ0) is 17.0. The Morgan fingerprint density at radius 2 is 2.00 bits per heavy atom. The van der Waals surface area contributed by atoms with E-state index in [1.807, 2.05) is 6.08 Å². The Balaban J connectivity index is 1.97. The molecular weight excluding hydrogens is 302 g/mol. The Kier molecular flexibility index (Phi) is 3.78. The summed E-state index contributed by atoms with van der Waals surface area (Å²) in [5, 5.41) is 21.1. The van der Waals surface area contributed by atoms with Crippen molar-refractivity contribution in [2.75, 3.05) is 19.7 Å². The SMILES string of the molecule is C[C@H]1C(=O)O[C@H]2CCN3CC=C(COC(=O)[C@](C)(O)[C@@]1(C)O)C23. The fourth-order valence-electron chi connectivity index (χ4n) is 3.52. The molecule has 3 rings (SSSR count). The average Bonchev–Trinajstić information content (AvgIpc) is 3.06. The Bertz CT molecular complexity index is 567. The molecule has 128 valence electrons. The van der Waals surface area contributed by atoms with E-state index in [0.717, 1.165) is 25.6 Å². The van der Waals surface area contributed by atoms with Crippen molar-refractivity contribution in [2.24, 2.45) is 5.92 Å². The molecule has 2 saturated heterocycles. The Labute approximate surface area is 134 Å². The molecule has 0 saturated carbocycles. The largest absolute Gasteiger partial charge is 0.460 e. The Hall–Kier alpha value is -1.44. The van der Waals surface area contributed by atoms with Gasteiger partial charge >= 0.3 is 11.9 Å². The highest BCUT2D eigenvalue weighted by atomic mass is 16.6. The summed E-state index contributed by atoms with van der Waals surface area (Å²) in [6.07, 6.45) is 2.34. The van der Waals surface area contributed by atoms with Gasteiger partial charge in [0.15, 0.2) is 5.60 Å². The van der Waals surface area contributed by atoms with Gasteiger partial charge in [-0.05, 0) is 32.8 Å². The van der Waals surface area contributed by atoms with Gasteiger partial charge in [0.1, 0.15) is 18.3 Å². The molecule has 0 aromatic carbocycles. The summed E-state index contributed by atoms with van der Waals surface area (Å²) in [6.45, 7) is 5.41. The number of carbonyl (C=O) groups is 2. The van der Waals surface area contributed by atoms with E-state index >= 15 is 0 Å². The van der Waals surface area contributed by atoms with E-state index in [0.29, 0.717) is 6.42 Å². The lowest BCUT2D eigenvalue weighted by Crippen LogP contribution is -2.61. The normalized spacial score (nSPS) is 44.9. The highest BCUT2D eigenvalue weighted by Crippen LogP contribution is 2.36. The highest BCUT2D eigenvalue weighted by Gasteiger charge is 2.56. The number of esters is 2. The van der Waals surface area contributed by atoms with Crippen molar-refractivity contribution in [1.82, 2.24) is 4.90 Å². The maximum atomic E-state index is 12.4. The third-order valence-corrected chi connectivity index (χ3v) is 5.63. The topological polar surface area (TPSA) is 96.3 Å². The predicted octanol–water partition coefficient (Wildman–Crippen LogP) is -0.393. The smallest absolute Gasteiger partial charge is 0.341 e. The molecule has 2 fully saturated rings. The zero-order valence-corrected chi connectivity index (χ0v) is 13.6. The highest BCUT2D eigenvalue weighted by molar-refractivity contribution is 5.83. The first-order chi connectivity index (χ1) is 10.7. The molecule has 3 aliphatic rings. The second-order valence-electron chi connectivity index (χ2n) is 7.00. The minimum atomic E-state index is -2.22. The molecule has 0 radical (unpaired) electrons. The Morgan fingerprint density at radius 1 is 1.30 bits per heavy atom. The Morgan fingerprint density at radius 3 is 2.70 bits per heavy atom. The minimum absolute atomic E-state index is 0.0225. The van der Waals surface area contributed by atoms with Crippen LogP contribution in [0.2, 0.25) is 0 Å². The van der Waals surface area contributed by atoms with E-state index in [1.165, 1.54) is 13.8 Å². The van der Waals surface area contributed by atoms with Crippen LogP contribution in [0.1, 0.15) is 27.2 Å². The molecule has 3 aliphatic heterocycles. The average molecular weight is 325 g/mol. The number of cyclic esters (lactones) is 1. The molecule has 0 amide bonds. The first-order valence-corrected chi connectivity index (χ1v) is 7.91. The zero-order valence-electron chi connectivity index (χ0n) is 13.6. The van der Waals surface area contributed by atoms with Crippen LogP contribution in [0.15, 0.2) is 11.6 Å². The molecule has 7 nitrogen and oxygen atoms in total. The number of nitrogens with zero attached hydrogens (tertiary/aromatic N) is 1. The van der Waals surface area contributed by atoms with Gasteiger partial charge in [0.25, 0.3) is 0 Å². The number of hydrogen-bond donors (Lipinski definition) is 2. The second kappa shape index (κ2) is 5.29. The van der Waals surface area contributed by atoms with Gasteiger partial charge in [0.2, 0.25) is 0 Å². The van der Waals surface area contributed by atoms with Crippen LogP contribution in [0.5, 0.6) is 0 Å². The number of carbonyl (C=O) groups excluding carboxylic acids is 2. The van der Waals surface area contributed by atoms with Crippen LogP contribution in [-0.2, 0) is 19.1 Å². The van der Waals surface area contributed by atoms with E-state index in [4.69, 9.17) is 9.47 Å². The molecule has 23 heavy (non-hydrogen) atoms. The summed E-state index contributed by atoms with van der Waals surface area (Å²) in [4.78, 5) is 26.9. The van der Waals surface area contributed by atoms with Crippen LogP contribution in [0.4, 0.5) is 0 Å². The molecule has 0 bridgehead atoms. The van der Waals surface area contributed by atoms with Gasteiger partial charge in [-0.25, -0.2) is 4.79 Å². The monoisotopic (exact) mass is 325 g/mol. The summed E-state index contributed by atoms with van der Waals surface area (Å²) in [6, 6.07) is -0.0908. The number of aliphatic hydroxyl groups is 2. The van der Waals surface area contributed by atoms with Crippen LogP contribution < -0.4 is 0 Å². The van der Waals surface area contributed by atoms with Gasteiger partial charge in [-0.15, -0.1) is 0 Å². The number of ether oxygens (including phenoxy) is 2. The van der Waals surface area contributed by atoms with E-state index in [-0.39, 0.29) is 18.8 Å². The number of rotatable bonds is 0. The summed E-state index contributed by atoms with van der Waals surface area (Å²) >= 11 is 0. The van der Waals surface area contributed by atoms with E-state index in [2.05, 4.69) is 4.90 Å². The van der Waals surface area contributed by atoms with Crippen molar-refractivity contribution in [3.8, 4) is 0 Å². The van der Waals surface area contributed by atoms with Gasteiger partial charge in [-0.2, -0.15) is 0 Å². The predicted molar refractivity (Wildman–Crippen MR) is 79.3 cm³/mol. The van der Waals surface area contributed by atoms with Crippen LogP contribution in [-0.4, -0.2) is 70.1 Å². The molecule has 2 N–H and O–H groups in total. The van der Waals surface area contributed by atoms with Crippen molar-refractivity contribution in [3.63, 3.8) is 0 Å². The second-order valence-corrected chi connectivity index (χ2v) is 7.00. The van der Waals surface area contributed by atoms with Crippen molar-refractivity contribution in [1.29, 1.82) is 0 Å². The third kappa shape index (κ3) is 2.38. The molecule has 0 spiro atoms. The van der Waals surface area contributed by atoms with Gasteiger partial charge in [0, 0.05) is 13.1 Å². The quantitative estimate of drug-likeness (QED) is 0.462. The van der Waals surface area contributed by atoms with Crippen LogP contribution in [0, 0.1) is 5.92 Å². The summed E-state index contributed by atoms with van der Waals surface area (Å²) < 4.78 is 10.8. The van der Waals surface area contributed by atoms with Crippen molar-refractivity contribution < 1.29 is 29.3 Å². The fourth-order valence-corrected chi connectivity index (χ4v) is 3.52. The van der Waals surface area contributed by atoms with Gasteiger partial charge < -0.3 is 19.7 Å². The lowest BCUT2D eigenvalue weighted by molar-refractivity contribution is -0.205. The van der Waals surface area contributed by atoms with Crippen molar-refractivity contribution >= 4 is 11.9 Å². The van der Waals surface area contributed by atoms with Crippen LogP contribution >= 0.6 is 0 Å².